The fraction of sp³-hybridized carbons (Fsp3) is 0.324. The van der Waals surface area contributed by atoms with Gasteiger partial charge in [0.2, 0.25) is 5.78 Å². The Kier molecular flexibility index (Phi) is 9.03. The third kappa shape index (κ3) is 6.27. The van der Waals surface area contributed by atoms with Crippen LogP contribution in [0.25, 0.3) is 22.4 Å². The highest BCUT2D eigenvalue weighted by Crippen LogP contribution is 2.34. The summed E-state index contributed by atoms with van der Waals surface area (Å²) in [5, 5.41) is 23.8. The van der Waals surface area contributed by atoms with Gasteiger partial charge in [0.25, 0.3) is 5.56 Å². The van der Waals surface area contributed by atoms with Crippen LogP contribution in [0.1, 0.15) is 56.7 Å². The largest absolute Gasteiger partial charge is 0.497 e. The first-order valence-electron chi connectivity index (χ1n) is 15.8. The van der Waals surface area contributed by atoms with Crippen molar-refractivity contribution in [3.63, 3.8) is 0 Å². The van der Waals surface area contributed by atoms with Crippen molar-refractivity contribution in [3.05, 3.63) is 93.8 Å². The van der Waals surface area contributed by atoms with Gasteiger partial charge in [-0.3, -0.25) is 9.20 Å². The molecule has 1 aliphatic carbocycles. The summed E-state index contributed by atoms with van der Waals surface area (Å²) in [4.78, 5) is 13.8. The van der Waals surface area contributed by atoms with E-state index in [1.165, 1.54) is 19.3 Å². The average molecular weight is 671 g/mol. The summed E-state index contributed by atoms with van der Waals surface area (Å²) >= 11 is 8.02. The van der Waals surface area contributed by atoms with E-state index in [0.29, 0.717) is 58.2 Å². The van der Waals surface area contributed by atoms with Gasteiger partial charge >= 0.3 is 0 Å². The molecule has 0 aliphatic heterocycles. The van der Waals surface area contributed by atoms with Crippen molar-refractivity contribution in [2.24, 2.45) is 0 Å². The highest BCUT2D eigenvalue weighted by molar-refractivity contribution is 7.98. The first-order chi connectivity index (χ1) is 23.0. The molecule has 3 heterocycles. The Bertz CT molecular complexity index is 2090. The van der Waals surface area contributed by atoms with Crippen LogP contribution in [0.2, 0.25) is 5.02 Å². The molecule has 1 fully saturated rings. The normalized spacial score (nSPS) is 13.8. The lowest BCUT2D eigenvalue weighted by Gasteiger charge is -2.25. The number of hydrogen-bond acceptors (Lipinski definition) is 9. The van der Waals surface area contributed by atoms with Crippen LogP contribution in [0.4, 0.5) is 5.69 Å². The van der Waals surface area contributed by atoms with Crippen molar-refractivity contribution in [2.45, 2.75) is 62.5 Å². The molecule has 3 aromatic carbocycles. The second-order valence-electron chi connectivity index (χ2n) is 11.4. The SMILES string of the molecule is CCOc1ccc(-n2c(=O)c3ccc(Cl)cc3n3c(CSc4nnc(CNc5cccc(OC)c5)n4C4CCCCC4)nnc23)cc1. The third-order valence-electron chi connectivity index (χ3n) is 8.48. The molecule has 1 saturated carbocycles. The van der Waals surface area contributed by atoms with Crippen LogP contribution in [-0.4, -0.2) is 47.6 Å². The van der Waals surface area contributed by atoms with Gasteiger partial charge < -0.3 is 19.4 Å². The number of hydrogen-bond donors (Lipinski definition) is 1. The van der Waals surface area contributed by atoms with Gasteiger partial charge in [-0.05, 0) is 74.4 Å². The molecule has 6 aromatic rings. The van der Waals surface area contributed by atoms with Gasteiger partial charge in [-0.2, -0.15) is 0 Å². The minimum Gasteiger partial charge on any atom is -0.497 e. The molecule has 0 radical (unpaired) electrons. The van der Waals surface area contributed by atoms with E-state index in [4.69, 9.17) is 21.1 Å². The van der Waals surface area contributed by atoms with Gasteiger partial charge in [-0.15, -0.1) is 20.4 Å². The molecule has 242 valence electrons. The molecule has 1 N–H and O–H groups in total. The molecule has 0 spiro atoms. The molecule has 7 rings (SSSR count). The molecular formula is C34H35ClN8O3S. The number of nitrogens with one attached hydrogen (secondary N) is 1. The predicted octanol–water partition coefficient (Wildman–Crippen LogP) is 7.10. The molecule has 0 atom stereocenters. The number of halogens is 1. The Morgan fingerprint density at radius 1 is 0.936 bits per heavy atom. The van der Waals surface area contributed by atoms with E-state index < -0.39 is 0 Å². The molecular weight excluding hydrogens is 636 g/mol. The molecule has 0 unspecified atom stereocenters. The van der Waals surface area contributed by atoms with Gasteiger partial charge in [0, 0.05) is 22.8 Å². The van der Waals surface area contributed by atoms with E-state index in [-0.39, 0.29) is 5.56 Å². The molecule has 13 heteroatoms. The number of thioether (sulfide) groups is 1. The lowest BCUT2D eigenvalue weighted by atomic mass is 9.95. The molecule has 0 bridgehead atoms. The van der Waals surface area contributed by atoms with Crippen molar-refractivity contribution < 1.29 is 9.47 Å². The lowest BCUT2D eigenvalue weighted by Crippen LogP contribution is -2.22. The van der Waals surface area contributed by atoms with Crippen LogP contribution in [0.15, 0.2) is 76.7 Å². The second-order valence-corrected chi connectivity index (χ2v) is 12.8. The predicted molar refractivity (Wildman–Crippen MR) is 184 cm³/mol. The molecule has 3 aromatic heterocycles. The van der Waals surface area contributed by atoms with Crippen molar-refractivity contribution in [1.29, 1.82) is 0 Å². The van der Waals surface area contributed by atoms with E-state index in [1.54, 1.807) is 41.6 Å². The van der Waals surface area contributed by atoms with Gasteiger partial charge in [0.1, 0.15) is 17.3 Å². The van der Waals surface area contributed by atoms with E-state index >= 15 is 0 Å². The lowest BCUT2D eigenvalue weighted by molar-refractivity contribution is 0.330. The number of rotatable bonds is 11. The molecule has 0 amide bonds. The van der Waals surface area contributed by atoms with Crippen LogP contribution in [-0.2, 0) is 12.3 Å². The first kappa shape index (κ1) is 31.1. The zero-order valence-electron chi connectivity index (χ0n) is 26.2. The van der Waals surface area contributed by atoms with Crippen molar-refractivity contribution in [1.82, 2.24) is 33.9 Å². The quantitative estimate of drug-likeness (QED) is 0.144. The number of benzene rings is 3. The summed E-state index contributed by atoms with van der Waals surface area (Å²) in [6.07, 6.45) is 5.78. The van der Waals surface area contributed by atoms with Gasteiger partial charge in [0.15, 0.2) is 11.0 Å². The average Bonchev–Trinajstić information content (AvgIpc) is 3.72. The Labute approximate surface area is 280 Å². The second kappa shape index (κ2) is 13.7. The van der Waals surface area contributed by atoms with Crippen LogP contribution >= 0.6 is 23.4 Å². The summed E-state index contributed by atoms with van der Waals surface area (Å²) in [5.41, 5.74) is 2.07. The van der Waals surface area contributed by atoms with E-state index in [2.05, 4.69) is 30.3 Å². The Morgan fingerprint density at radius 2 is 1.74 bits per heavy atom. The smallest absolute Gasteiger partial charge is 0.267 e. The maximum Gasteiger partial charge on any atom is 0.267 e. The highest BCUT2D eigenvalue weighted by atomic mass is 35.5. The fourth-order valence-corrected chi connectivity index (χ4v) is 7.34. The van der Waals surface area contributed by atoms with E-state index in [9.17, 15) is 4.79 Å². The van der Waals surface area contributed by atoms with Gasteiger partial charge in [0.05, 0.1) is 42.6 Å². The van der Waals surface area contributed by atoms with E-state index in [1.807, 2.05) is 59.9 Å². The van der Waals surface area contributed by atoms with Crippen molar-refractivity contribution in [3.8, 4) is 17.2 Å². The van der Waals surface area contributed by atoms with Crippen molar-refractivity contribution >= 4 is 45.7 Å². The summed E-state index contributed by atoms with van der Waals surface area (Å²) < 4.78 is 16.8. The summed E-state index contributed by atoms with van der Waals surface area (Å²) in [5.74, 6) is 3.94. The fourth-order valence-electron chi connectivity index (χ4n) is 6.24. The van der Waals surface area contributed by atoms with Crippen LogP contribution in [0.3, 0.4) is 0 Å². The topological polar surface area (TPSA) is 113 Å². The van der Waals surface area contributed by atoms with Crippen LogP contribution in [0.5, 0.6) is 11.5 Å². The van der Waals surface area contributed by atoms with E-state index in [0.717, 1.165) is 41.0 Å². The van der Waals surface area contributed by atoms with Crippen LogP contribution < -0.4 is 20.3 Å². The van der Waals surface area contributed by atoms with Crippen molar-refractivity contribution in [2.75, 3.05) is 19.0 Å². The van der Waals surface area contributed by atoms with Gasteiger partial charge in [-0.25, -0.2) is 4.57 Å². The summed E-state index contributed by atoms with van der Waals surface area (Å²) in [6, 6.07) is 20.9. The molecule has 47 heavy (non-hydrogen) atoms. The number of nitrogens with zero attached hydrogens (tertiary/aromatic N) is 7. The number of ether oxygens (including phenoxy) is 2. The molecule has 0 saturated heterocycles. The number of methoxy groups -OCH3 is 1. The minimum atomic E-state index is -0.204. The molecule has 11 nitrogen and oxygen atoms in total. The maximum atomic E-state index is 13.8. The zero-order valence-corrected chi connectivity index (χ0v) is 27.8. The highest BCUT2D eigenvalue weighted by Gasteiger charge is 2.24. The number of aromatic nitrogens is 7. The monoisotopic (exact) mass is 670 g/mol. The number of anilines is 1. The Hall–Kier alpha value is -4.55. The Morgan fingerprint density at radius 3 is 2.53 bits per heavy atom. The molecule has 1 aliphatic rings. The zero-order chi connectivity index (χ0) is 32.3. The summed E-state index contributed by atoms with van der Waals surface area (Å²) in [6.45, 7) is 3.02. The third-order valence-corrected chi connectivity index (χ3v) is 9.65. The maximum absolute atomic E-state index is 13.8. The standard InChI is InChI=1S/C34H35ClN8O3S/c1-3-46-26-15-13-25(14-16-26)42-32(44)28-17-12-22(35)18-29(28)43-31(38-39-33(42)43)21-47-34-40-37-30(41(34)24-9-5-4-6-10-24)20-36-23-8-7-11-27(19-23)45-2/h7-8,11-19,24,36H,3-6,9-10,20-21H2,1-2H3. The first-order valence-corrected chi connectivity index (χ1v) is 17.2. The minimum absolute atomic E-state index is 0.204. The van der Waals surface area contributed by atoms with Gasteiger partial charge in [-0.1, -0.05) is 48.7 Å². The van der Waals surface area contributed by atoms with Crippen LogP contribution in [0, 0.1) is 0 Å². The Balaban J connectivity index is 1.24. The summed E-state index contributed by atoms with van der Waals surface area (Å²) in [7, 11) is 1.66. The number of fused-ring (bicyclic) bond motifs is 3.